The van der Waals surface area contributed by atoms with E-state index in [1.165, 1.54) is 31.2 Å². The van der Waals surface area contributed by atoms with Crippen LogP contribution in [0.3, 0.4) is 0 Å². The third-order valence-electron chi connectivity index (χ3n) is 3.49. The Morgan fingerprint density at radius 2 is 1.83 bits per heavy atom. The Morgan fingerprint density at radius 3 is 2.38 bits per heavy atom. The van der Waals surface area contributed by atoms with E-state index in [-0.39, 0.29) is 17.2 Å². The van der Waals surface area contributed by atoms with Crippen molar-refractivity contribution in [1.82, 2.24) is 4.72 Å². The molecule has 0 fully saturated rings. The predicted octanol–water partition coefficient (Wildman–Crippen LogP) is 3.18. The van der Waals surface area contributed by atoms with Gasteiger partial charge in [0.05, 0.1) is 16.5 Å². The molecular formula is C17H18BrNO4S. The minimum atomic E-state index is -3.59. The summed E-state index contributed by atoms with van der Waals surface area (Å²) in [5.41, 5.74) is 1.47. The highest BCUT2D eigenvalue weighted by molar-refractivity contribution is 9.10. The minimum absolute atomic E-state index is 0.100. The third-order valence-corrected chi connectivity index (χ3v) is 5.59. The lowest BCUT2D eigenvalue weighted by atomic mass is 10.1. The molecule has 0 heterocycles. The number of ether oxygens (including phenoxy) is 1. The molecular weight excluding hydrogens is 394 g/mol. The number of nitrogens with one attached hydrogen (secondary N) is 1. The van der Waals surface area contributed by atoms with Gasteiger partial charge in [-0.05, 0) is 59.1 Å². The number of carbonyl (C=O) groups excluding carboxylic acids is 1. The number of Topliss-reactive ketones (excluding diaryl/α,β-unsaturated/α-hetero) is 1. The van der Waals surface area contributed by atoms with Crippen molar-refractivity contribution in [3.8, 4) is 5.75 Å². The zero-order chi connectivity index (χ0) is 17.7. The van der Waals surface area contributed by atoms with Gasteiger partial charge in [-0.1, -0.05) is 18.2 Å². The van der Waals surface area contributed by atoms with E-state index in [2.05, 4.69) is 20.7 Å². The molecule has 1 N–H and O–H groups in total. The van der Waals surface area contributed by atoms with Crippen LogP contribution in [0.25, 0.3) is 0 Å². The van der Waals surface area contributed by atoms with Gasteiger partial charge >= 0.3 is 0 Å². The zero-order valence-electron chi connectivity index (χ0n) is 13.4. The van der Waals surface area contributed by atoms with Gasteiger partial charge in [-0.3, -0.25) is 4.79 Å². The topological polar surface area (TPSA) is 72.5 Å². The normalized spacial score (nSPS) is 11.3. The van der Waals surface area contributed by atoms with Gasteiger partial charge in [0, 0.05) is 12.1 Å². The lowest BCUT2D eigenvalue weighted by Gasteiger charge is -2.09. The molecule has 5 nitrogen and oxygen atoms in total. The first kappa shape index (κ1) is 18.6. The number of ketones is 1. The summed E-state index contributed by atoms with van der Waals surface area (Å²) in [5, 5.41) is 0. The number of methoxy groups -OCH3 is 1. The second-order valence-corrected chi connectivity index (χ2v) is 7.82. The van der Waals surface area contributed by atoms with Gasteiger partial charge in [-0.15, -0.1) is 0 Å². The fraction of sp³-hybridized carbons (Fsp3) is 0.235. The lowest BCUT2D eigenvalue weighted by Crippen LogP contribution is -2.26. The second kappa shape index (κ2) is 7.92. The third kappa shape index (κ3) is 4.66. The van der Waals surface area contributed by atoms with Crippen molar-refractivity contribution in [3.05, 3.63) is 58.1 Å². The molecule has 0 radical (unpaired) electrons. The molecule has 0 aliphatic carbocycles. The van der Waals surface area contributed by atoms with Gasteiger partial charge in [-0.25, -0.2) is 13.1 Å². The average molecular weight is 412 g/mol. The molecule has 0 bridgehead atoms. The number of hydrogen-bond acceptors (Lipinski definition) is 4. The van der Waals surface area contributed by atoms with E-state index in [0.29, 0.717) is 12.0 Å². The molecule has 0 unspecified atom stereocenters. The molecule has 0 atom stereocenters. The molecule has 2 aromatic carbocycles. The molecule has 0 saturated heterocycles. The largest absolute Gasteiger partial charge is 0.496 e. The van der Waals surface area contributed by atoms with Crippen molar-refractivity contribution in [1.29, 1.82) is 0 Å². The molecule has 0 spiro atoms. The van der Waals surface area contributed by atoms with Crippen LogP contribution in [0.4, 0.5) is 0 Å². The molecule has 0 amide bonds. The maximum atomic E-state index is 12.2. The zero-order valence-corrected chi connectivity index (χ0v) is 15.8. The smallest absolute Gasteiger partial charge is 0.240 e. The Balaban J connectivity index is 2.00. The highest BCUT2D eigenvalue weighted by atomic mass is 79.9. The van der Waals surface area contributed by atoms with E-state index < -0.39 is 10.0 Å². The molecule has 0 aliphatic rings. The summed E-state index contributed by atoms with van der Waals surface area (Å²) in [6, 6.07) is 11.5. The number of sulfonamides is 1. The van der Waals surface area contributed by atoms with Crippen LogP contribution in [-0.4, -0.2) is 27.9 Å². The number of carbonyl (C=O) groups is 1. The number of rotatable bonds is 7. The fourth-order valence-electron chi connectivity index (χ4n) is 2.15. The summed E-state index contributed by atoms with van der Waals surface area (Å²) < 4.78 is 33.0. The molecule has 0 aliphatic heterocycles. The summed E-state index contributed by atoms with van der Waals surface area (Å²) >= 11 is 3.40. The van der Waals surface area contributed by atoms with E-state index >= 15 is 0 Å². The standard InChI is InChI=1S/C17H18BrNO4S/c1-12(20)14-4-6-15(7-5-14)24(21,22)19-10-9-13-3-8-17(23-2)16(18)11-13/h3-8,11,19H,9-10H2,1-2H3. The lowest BCUT2D eigenvalue weighted by molar-refractivity contribution is 0.101. The molecule has 2 aromatic rings. The van der Waals surface area contributed by atoms with Crippen LogP contribution in [0.5, 0.6) is 5.75 Å². The van der Waals surface area contributed by atoms with Gasteiger partial charge in [-0.2, -0.15) is 0 Å². The van der Waals surface area contributed by atoms with E-state index in [9.17, 15) is 13.2 Å². The van der Waals surface area contributed by atoms with E-state index in [1.54, 1.807) is 7.11 Å². The maximum Gasteiger partial charge on any atom is 0.240 e. The minimum Gasteiger partial charge on any atom is -0.496 e. The van der Waals surface area contributed by atoms with E-state index in [0.717, 1.165) is 15.8 Å². The van der Waals surface area contributed by atoms with Crippen LogP contribution in [-0.2, 0) is 16.4 Å². The quantitative estimate of drug-likeness (QED) is 0.710. The highest BCUT2D eigenvalue weighted by Crippen LogP contribution is 2.25. The molecule has 128 valence electrons. The van der Waals surface area contributed by atoms with Crippen LogP contribution < -0.4 is 9.46 Å². The monoisotopic (exact) mass is 411 g/mol. The van der Waals surface area contributed by atoms with Crippen molar-refractivity contribution >= 4 is 31.7 Å². The van der Waals surface area contributed by atoms with Crippen LogP contribution in [0.15, 0.2) is 51.8 Å². The van der Waals surface area contributed by atoms with Gasteiger partial charge in [0.1, 0.15) is 5.75 Å². The average Bonchev–Trinajstić information content (AvgIpc) is 2.55. The Kier molecular flexibility index (Phi) is 6.15. The second-order valence-electron chi connectivity index (χ2n) is 5.20. The Labute approximate surface area is 150 Å². The van der Waals surface area contributed by atoms with Crippen LogP contribution in [0, 0.1) is 0 Å². The van der Waals surface area contributed by atoms with Crippen molar-refractivity contribution in [2.75, 3.05) is 13.7 Å². The van der Waals surface area contributed by atoms with Crippen LogP contribution >= 0.6 is 15.9 Å². The van der Waals surface area contributed by atoms with Gasteiger partial charge in [0.15, 0.2) is 5.78 Å². The first-order valence-corrected chi connectivity index (χ1v) is 9.54. The summed E-state index contributed by atoms with van der Waals surface area (Å²) in [6.07, 6.45) is 0.549. The van der Waals surface area contributed by atoms with E-state index in [4.69, 9.17) is 4.74 Å². The molecule has 0 aromatic heterocycles. The highest BCUT2D eigenvalue weighted by Gasteiger charge is 2.14. The SMILES string of the molecule is COc1ccc(CCNS(=O)(=O)c2ccc(C(C)=O)cc2)cc1Br. The molecule has 2 rings (SSSR count). The number of benzene rings is 2. The van der Waals surface area contributed by atoms with Crippen molar-refractivity contribution in [3.63, 3.8) is 0 Å². The maximum absolute atomic E-state index is 12.2. The van der Waals surface area contributed by atoms with Crippen molar-refractivity contribution in [2.24, 2.45) is 0 Å². The Hall–Kier alpha value is -1.70. The Bertz CT molecular complexity index is 832. The van der Waals surface area contributed by atoms with Gasteiger partial charge < -0.3 is 4.74 Å². The Morgan fingerprint density at radius 1 is 1.17 bits per heavy atom. The van der Waals surface area contributed by atoms with Crippen molar-refractivity contribution < 1.29 is 17.9 Å². The summed E-state index contributed by atoms with van der Waals surface area (Å²) in [5.74, 6) is 0.627. The van der Waals surface area contributed by atoms with Crippen LogP contribution in [0.1, 0.15) is 22.8 Å². The van der Waals surface area contributed by atoms with Gasteiger partial charge in [0.2, 0.25) is 10.0 Å². The van der Waals surface area contributed by atoms with Crippen LogP contribution in [0.2, 0.25) is 0 Å². The van der Waals surface area contributed by atoms with Crippen molar-refractivity contribution in [2.45, 2.75) is 18.2 Å². The number of halogens is 1. The van der Waals surface area contributed by atoms with Gasteiger partial charge in [0.25, 0.3) is 0 Å². The summed E-state index contributed by atoms with van der Waals surface area (Å²) in [4.78, 5) is 11.4. The summed E-state index contributed by atoms with van der Waals surface area (Å²) in [7, 11) is -2.00. The molecule has 24 heavy (non-hydrogen) atoms. The first-order chi connectivity index (χ1) is 11.3. The first-order valence-electron chi connectivity index (χ1n) is 7.26. The fourth-order valence-corrected chi connectivity index (χ4v) is 3.77. The van der Waals surface area contributed by atoms with E-state index in [1.807, 2.05) is 18.2 Å². The molecule has 7 heteroatoms. The number of hydrogen-bond donors (Lipinski definition) is 1. The summed E-state index contributed by atoms with van der Waals surface area (Å²) in [6.45, 7) is 1.71. The molecule has 0 saturated carbocycles. The predicted molar refractivity (Wildman–Crippen MR) is 96.0 cm³/mol.